The van der Waals surface area contributed by atoms with E-state index in [2.05, 4.69) is 27.9 Å². The molecule has 0 fully saturated rings. The van der Waals surface area contributed by atoms with Crippen LogP contribution in [0, 0.1) is 23.2 Å². The topological polar surface area (TPSA) is 82.1 Å². The van der Waals surface area contributed by atoms with Gasteiger partial charge in [0, 0.05) is 11.5 Å². The van der Waals surface area contributed by atoms with Gasteiger partial charge in [0.2, 0.25) is 0 Å². The minimum absolute atomic E-state index is 0.617. The largest absolute Gasteiger partial charge is 0.352 e. The van der Waals surface area contributed by atoms with Crippen LogP contribution in [-0.4, -0.2) is 15.0 Å². The van der Waals surface area contributed by atoms with Crippen molar-refractivity contribution in [3.05, 3.63) is 41.7 Å². The van der Waals surface area contributed by atoms with Crippen molar-refractivity contribution in [2.45, 2.75) is 6.54 Å². The first-order valence-corrected chi connectivity index (χ1v) is 5.04. The van der Waals surface area contributed by atoms with E-state index in [4.69, 9.17) is 5.26 Å². The Balaban J connectivity index is 2.26. The number of rotatable bonds is 2. The summed E-state index contributed by atoms with van der Waals surface area (Å²) in [5.41, 5.74) is 6.29. The van der Waals surface area contributed by atoms with Gasteiger partial charge in [0.25, 0.3) is 0 Å². The van der Waals surface area contributed by atoms with Crippen LogP contribution in [0.3, 0.4) is 0 Å². The van der Waals surface area contributed by atoms with E-state index < -0.39 is 0 Å². The van der Waals surface area contributed by atoms with Gasteiger partial charge in [-0.1, -0.05) is 11.1 Å². The van der Waals surface area contributed by atoms with Crippen molar-refractivity contribution in [3.63, 3.8) is 0 Å². The van der Waals surface area contributed by atoms with Gasteiger partial charge in [0.05, 0.1) is 11.9 Å². The molecule has 82 valence electrons. The third-order valence-electron chi connectivity index (χ3n) is 2.19. The Hall–Kier alpha value is -2.63. The number of aromatic nitrogens is 3. The van der Waals surface area contributed by atoms with E-state index >= 15 is 0 Å². The average Bonchev–Trinajstić information content (AvgIpc) is 2.86. The average molecular weight is 224 g/mol. The zero-order chi connectivity index (χ0) is 12.1. The van der Waals surface area contributed by atoms with Gasteiger partial charge in [-0.05, 0) is 24.3 Å². The fourth-order valence-electron chi connectivity index (χ4n) is 1.34. The van der Waals surface area contributed by atoms with Crippen LogP contribution in [-0.2, 0) is 6.54 Å². The molecule has 1 aromatic heterocycles. The van der Waals surface area contributed by atoms with E-state index in [1.807, 2.05) is 30.5 Å². The van der Waals surface area contributed by atoms with Crippen LogP contribution >= 0.6 is 0 Å². The lowest BCUT2D eigenvalue weighted by molar-refractivity contribution is -0.387. The Kier molecular flexibility index (Phi) is 3.15. The van der Waals surface area contributed by atoms with Crippen LogP contribution in [0.1, 0.15) is 11.3 Å². The second kappa shape index (κ2) is 4.93. The van der Waals surface area contributed by atoms with Crippen molar-refractivity contribution >= 4 is 0 Å². The fourth-order valence-corrected chi connectivity index (χ4v) is 1.34. The molecule has 1 aromatic carbocycles. The molecular formula is C12H10N5+. The maximum Gasteiger partial charge on any atom is 0.152 e. The highest BCUT2D eigenvalue weighted by Gasteiger charge is 2.01. The Bertz CT molecular complexity index is 607. The summed E-state index contributed by atoms with van der Waals surface area (Å²) in [6, 6.07) is 9.21. The number of hydrogen-bond donors (Lipinski definition) is 1. The highest BCUT2D eigenvalue weighted by molar-refractivity contribution is 5.42. The first-order chi connectivity index (χ1) is 8.33. The zero-order valence-electron chi connectivity index (χ0n) is 9.09. The minimum atomic E-state index is 0.617. The molecule has 0 saturated carbocycles. The summed E-state index contributed by atoms with van der Waals surface area (Å²) in [5.74, 6) is 5.07. The molecule has 2 aromatic rings. The monoisotopic (exact) mass is 224 g/mol. The van der Waals surface area contributed by atoms with Gasteiger partial charge in [-0.25, -0.2) is 4.68 Å². The number of nitriles is 1. The molecule has 2 rings (SSSR count). The van der Waals surface area contributed by atoms with Gasteiger partial charge in [0.1, 0.15) is 12.2 Å². The van der Waals surface area contributed by atoms with Gasteiger partial charge in [-0.15, -0.1) is 5.10 Å². The molecule has 0 radical (unpaired) electrons. The van der Waals surface area contributed by atoms with Gasteiger partial charge >= 0.3 is 0 Å². The predicted octanol–water partition coefficient (Wildman–Crippen LogP) is -0.116. The predicted molar refractivity (Wildman–Crippen MR) is 60.4 cm³/mol. The van der Waals surface area contributed by atoms with Crippen LogP contribution in [0.4, 0.5) is 0 Å². The second-order valence-electron chi connectivity index (χ2n) is 3.31. The van der Waals surface area contributed by atoms with Crippen LogP contribution < -0.4 is 5.73 Å². The fraction of sp³-hybridized carbons (Fsp3) is 0.0833. The minimum Gasteiger partial charge on any atom is -0.352 e. The van der Waals surface area contributed by atoms with E-state index in [0.29, 0.717) is 6.54 Å². The van der Waals surface area contributed by atoms with Crippen molar-refractivity contribution in [2.75, 3.05) is 0 Å². The molecule has 17 heavy (non-hydrogen) atoms. The lowest BCUT2D eigenvalue weighted by Crippen LogP contribution is -2.47. The highest BCUT2D eigenvalue weighted by Crippen LogP contribution is 2.08. The van der Waals surface area contributed by atoms with E-state index in [1.165, 1.54) is 0 Å². The normalized spacial score (nSPS) is 9.18. The van der Waals surface area contributed by atoms with Crippen molar-refractivity contribution in [1.82, 2.24) is 15.0 Å². The molecule has 0 aliphatic heterocycles. The molecular weight excluding hydrogens is 214 g/mol. The number of hydrogen-bond acceptors (Lipinski definition) is 3. The third kappa shape index (κ3) is 2.49. The molecule has 0 amide bonds. The van der Waals surface area contributed by atoms with Gasteiger partial charge < -0.3 is 5.73 Å². The summed E-state index contributed by atoms with van der Waals surface area (Å²) < 4.78 is 1.68. The lowest BCUT2D eigenvalue weighted by atomic mass is 10.2. The SMILES string of the molecule is N#CC#Cc1ccc(-n2cc(C[NH3+])nn2)cc1. The van der Waals surface area contributed by atoms with Crippen molar-refractivity contribution < 1.29 is 5.73 Å². The summed E-state index contributed by atoms with van der Waals surface area (Å²) in [5, 5.41) is 16.3. The van der Waals surface area contributed by atoms with E-state index in [0.717, 1.165) is 16.9 Å². The summed E-state index contributed by atoms with van der Waals surface area (Å²) in [4.78, 5) is 0. The summed E-state index contributed by atoms with van der Waals surface area (Å²) >= 11 is 0. The number of nitrogens with zero attached hydrogens (tertiary/aromatic N) is 4. The number of benzene rings is 1. The molecule has 0 aliphatic carbocycles. The van der Waals surface area contributed by atoms with Crippen LogP contribution in [0.5, 0.6) is 0 Å². The van der Waals surface area contributed by atoms with E-state index in [9.17, 15) is 0 Å². The summed E-state index contributed by atoms with van der Waals surface area (Å²) in [6.45, 7) is 0.617. The van der Waals surface area contributed by atoms with Gasteiger partial charge in [-0.2, -0.15) is 5.26 Å². The van der Waals surface area contributed by atoms with Crippen LogP contribution in [0.25, 0.3) is 5.69 Å². The molecule has 5 nitrogen and oxygen atoms in total. The standard InChI is InChI=1S/C12H9N5/c13-7-1-2-10-3-5-12(6-4-10)17-9-11(8-14)15-16-17/h3-6,9H,8,14H2/p+1. The van der Waals surface area contributed by atoms with Crippen LogP contribution in [0.15, 0.2) is 30.5 Å². The first kappa shape index (κ1) is 10.9. The summed E-state index contributed by atoms with van der Waals surface area (Å²) in [7, 11) is 0. The third-order valence-corrected chi connectivity index (χ3v) is 2.19. The molecule has 5 heteroatoms. The van der Waals surface area contributed by atoms with Gasteiger partial charge in [-0.3, -0.25) is 0 Å². The second-order valence-corrected chi connectivity index (χ2v) is 3.31. The molecule has 3 N–H and O–H groups in total. The summed E-state index contributed by atoms with van der Waals surface area (Å²) in [6.07, 6.45) is 1.84. The van der Waals surface area contributed by atoms with Crippen molar-refractivity contribution in [1.29, 1.82) is 5.26 Å². The molecule has 0 saturated heterocycles. The van der Waals surface area contributed by atoms with Crippen molar-refractivity contribution in [3.8, 4) is 23.6 Å². The quantitative estimate of drug-likeness (QED) is 0.722. The molecule has 0 aliphatic rings. The molecule has 0 spiro atoms. The van der Waals surface area contributed by atoms with E-state index in [1.54, 1.807) is 10.8 Å². The molecule has 0 atom stereocenters. The zero-order valence-corrected chi connectivity index (χ0v) is 9.09. The molecule has 0 unspecified atom stereocenters. The van der Waals surface area contributed by atoms with Crippen LogP contribution in [0.2, 0.25) is 0 Å². The van der Waals surface area contributed by atoms with Gasteiger partial charge in [0.15, 0.2) is 6.07 Å². The Labute approximate surface area is 98.5 Å². The maximum absolute atomic E-state index is 8.34. The highest BCUT2D eigenvalue weighted by atomic mass is 15.4. The van der Waals surface area contributed by atoms with Crippen molar-refractivity contribution in [2.24, 2.45) is 0 Å². The Morgan fingerprint density at radius 2 is 2.06 bits per heavy atom. The Morgan fingerprint density at radius 1 is 1.29 bits per heavy atom. The first-order valence-electron chi connectivity index (χ1n) is 5.04. The maximum atomic E-state index is 8.34. The lowest BCUT2D eigenvalue weighted by Gasteiger charge is -1.98. The number of quaternary nitrogens is 1. The molecule has 0 bridgehead atoms. The molecule has 1 heterocycles. The smallest absolute Gasteiger partial charge is 0.152 e. The Morgan fingerprint density at radius 3 is 2.65 bits per heavy atom. The van der Waals surface area contributed by atoms with E-state index in [-0.39, 0.29) is 0 Å².